The van der Waals surface area contributed by atoms with E-state index in [2.05, 4.69) is 9.97 Å². The Morgan fingerprint density at radius 2 is 1.93 bits per heavy atom. The number of aryl methyl sites for hydroxylation is 1. The van der Waals surface area contributed by atoms with E-state index in [1.54, 1.807) is 24.7 Å². The van der Waals surface area contributed by atoms with E-state index < -0.39 is 0 Å². The van der Waals surface area contributed by atoms with Crippen molar-refractivity contribution >= 4 is 23.2 Å². The zero-order chi connectivity index (χ0) is 10.8. The van der Waals surface area contributed by atoms with Gasteiger partial charge in [0.25, 0.3) is 0 Å². The normalized spacial score (nSPS) is 10.3. The molecule has 2 aromatic heterocycles. The van der Waals surface area contributed by atoms with Crippen LogP contribution in [0.4, 0.5) is 0 Å². The number of halogens is 2. The second kappa shape index (κ2) is 4.17. The van der Waals surface area contributed by atoms with Crippen molar-refractivity contribution in [1.82, 2.24) is 9.97 Å². The summed E-state index contributed by atoms with van der Waals surface area (Å²) in [5, 5.41) is 1.28. The third-order valence-electron chi connectivity index (χ3n) is 2.10. The maximum atomic E-state index is 6.04. The second-order valence-electron chi connectivity index (χ2n) is 3.15. The van der Waals surface area contributed by atoms with Crippen molar-refractivity contribution in [3.63, 3.8) is 0 Å². The van der Waals surface area contributed by atoms with Crippen LogP contribution in [0.3, 0.4) is 0 Å². The van der Waals surface area contributed by atoms with Gasteiger partial charge < -0.3 is 0 Å². The molecule has 76 valence electrons. The summed E-state index contributed by atoms with van der Waals surface area (Å²) in [7, 11) is 0. The van der Waals surface area contributed by atoms with Crippen molar-refractivity contribution in [2.45, 2.75) is 6.92 Å². The lowest BCUT2D eigenvalue weighted by Gasteiger charge is -2.04. The van der Waals surface area contributed by atoms with Crippen LogP contribution in [0.25, 0.3) is 11.1 Å². The first-order chi connectivity index (χ1) is 7.18. The van der Waals surface area contributed by atoms with E-state index in [9.17, 15) is 0 Å². The van der Waals surface area contributed by atoms with Gasteiger partial charge in [0, 0.05) is 29.7 Å². The van der Waals surface area contributed by atoms with Gasteiger partial charge in [0.1, 0.15) is 0 Å². The average Bonchev–Trinajstić information content (AvgIpc) is 2.23. The average molecular weight is 239 g/mol. The van der Waals surface area contributed by atoms with Crippen LogP contribution >= 0.6 is 23.2 Å². The highest BCUT2D eigenvalue weighted by Gasteiger charge is 2.05. The zero-order valence-electron chi connectivity index (χ0n) is 8.04. The number of rotatable bonds is 1. The minimum absolute atomic E-state index is 0.632. The van der Waals surface area contributed by atoms with Gasteiger partial charge in [-0.3, -0.25) is 9.97 Å². The Morgan fingerprint density at radius 1 is 1.13 bits per heavy atom. The molecule has 2 heterocycles. The highest BCUT2D eigenvalue weighted by atomic mass is 35.5. The highest BCUT2D eigenvalue weighted by molar-refractivity contribution is 6.33. The minimum Gasteiger partial charge on any atom is -0.264 e. The Hall–Kier alpha value is -1.12. The van der Waals surface area contributed by atoms with Crippen LogP contribution in [0.1, 0.15) is 5.69 Å². The van der Waals surface area contributed by atoms with Crippen molar-refractivity contribution < 1.29 is 0 Å². The standard InChI is InChI=1S/C11H8Cl2N2/c1-7-11(13)4-8(5-15-7)9-6-14-3-2-10(9)12/h2-6H,1H3. The molecule has 0 unspecified atom stereocenters. The van der Waals surface area contributed by atoms with Gasteiger partial charge in [-0.25, -0.2) is 0 Å². The largest absolute Gasteiger partial charge is 0.264 e. The third-order valence-corrected chi connectivity index (χ3v) is 2.82. The fourth-order valence-corrected chi connectivity index (χ4v) is 1.62. The van der Waals surface area contributed by atoms with Crippen molar-refractivity contribution in [2.75, 3.05) is 0 Å². The van der Waals surface area contributed by atoms with E-state index in [-0.39, 0.29) is 0 Å². The Morgan fingerprint density at radius 3 is 2.60 bits per heavy atom. The van der Waals surface area contributed by atoms with Gasteiger partial charge in [-0.1, -0.05) is 23.2 Å². The predicted molar refractivity (Wildman–Crippen MR) is 62.2 cm³/mol. The molecule has 2 nitrogen and oxygen atoms in total. The maximum absolute atomic E-state index is 6.04. The molecule has 0 aliphatic rings. The Balaban J connectivity index is 2.55. The van der Waals surface area contributed by atoms with Crippen LogP contribution in [0.2, 0.25) is 10.0 Å². The van der Waals surface area contributed by atoms with E-state index in [1.807, 2.05) is 13.0 Å². The van der Waals surface area contributed by atoms with Gasteiger partial charge in [-0.15, -0.1) is 0 Å². The summed E-state index contributed by atoms with van der Waals surface area (Å²) in [5.74, 6) is 0. The molecule has 2 rings (SSSR count). The number of hydrogen-bond acceptors (Lipinski definition) is 2. The molecule has 15 heavy (non-hydrogen) atoms. The maximum Gasteiger partial charge on any atom is 0.0624 e. The highest BCUT2D eigenvalue weighted by Crippen LogP contribution is 2.28. The first kappa shape index (κ1) is 10.4. The Bertz CT molecular complexity index is 498. The van der Waals surface area contributed by atoms with Crippen LogP contribution in [-0.2, 0) is 0 Å². The molecule has 0 saturated heterocycles. The van der Waals surface area contributed by atoms with Gasteiger partial charge in [0.2, 0.25) is 0 Å². The molecule has 0 radical (unpaired) electrons. The molecule has 0 aliphatic heterocycles. The zero-order valence-corrected chi connectivity index (χ0v) is 9.55. The van der Waals surface area contributed by atoms with Gasteiger partial charge in [-0.2, -0.15) is 0 Å². The number of pyridine rings is 2. The van der Waals surface area contributed by atoms with Crippen molar-refractivity contribution in [3.05, 3.63) is 46.5 Å². The van der Waals surface area contributed by atoms with Crippen LogP contribution in [0.15, 0.2) is 30.7 Å². The van der Waals surface area contributed by atoms with Gasteiger partial charge >= 0.3 is 0 Å². The van der Waals surface area contributed by atoms with Crippen molar-refractivity contribution in [2.24, 2.45) is 0 Å². The topological polar surface area (TPSA) is 25.8 Å². The smallest absolute Gasteiger partial charge is 0.0624 e. The molecular weight excluding hydrogens is 231 g/mol. The van der Waals surface area contributed by atoms with Crippen LogP contribution in [0, 0.1) is 6.92 Å². The van der Waals surface area contributed by atoms with Crippen LogP contribution in [0.5, 0.6) is 0 Å². The van der Waals surface area contributed by atoms with Gasteiger partial charge in [-0.05, 0) is 19.1 Å². The Kier molecular flexibility index (Phi) is 2.89. The van der Waals surface area contributed by atoms with E-state index in [0.717, 1.165) is 16.8 Å². The van der Waals surface area contributed by atoms with Crippen molar-refractivity contribution in [1.29, 1.82) is 0 Å². The summed E-state index contributed by atoms with van der Waals surface area (Å²) in [6.07, 6.45) is 5.09. The van der Waals surface area contributed by atoms with E-state index in [4.69, 9.17) is 23.2 Å². The molecule has 0 amide bonds. The molecule has 2 aromatic rings. The monoisotopic (exact) mass is 238 g/mol. The fraction of sp³-hybridized carbons (Fsp3) is 0.0909. The molecule has 0 aromatic carbocycles. The summed E-state index contributed by atoms with van der Waals surface area (Å²) in [6.45, 7) is 1.86. The molecule has 0 N–H and O–H groups in total. The molecule has 0 aliphatic carbocycles. The van der Waals surface area contributed by atoms with Gasteiger partial charge in [0.05, 0.1) is 15.7 Å². The second-order valence-corrected chi connectivity index (χ2v) is 3.96. The lowest BCUT2D eigenvalue weighted by Crippen LogP contribution is -1.86. The van der Waals surface area contributed by atoms with Crippen LogP contribution < -0.4 is 0 Å². The summed E-state index contributed by atoms with van der Waals surface area (Å²) < 4.78 is 0. The number of hydrogen-bond donors (Lipinski definition) is 0. The van der Waals surface area contributed by atoms with Gasteiger partial charge in [0.15, 0.2) is 0 Å². The lowest BCUT2D eigenvalue weighted by atomic mass is 10.1. The number of nitrogens with zero attached hydrogens (tertiary/aromatic N) is 2. The molecule has 0 atom stereocenters. The molecular formula is C11H8Cl2N2. The third kappa shape index (κ3) is 2.11. The van der Waals surface area contributed by atoms with E-state index >= 15 is 0 Å². The molecule has 0 spiro atoms. The quantitative estimate of drug-likeness (QED) is 0.757. The minimum atomic E-state index is 0.632. The summed E-state index contributed by atoms with van der Waals surface area (Å²) >= 11 is 12.0. The SMILES string of the molecule is Cc1ncc(-c2cnccc2Cl)cc1Cl. The van der Waals surface area contributed by atoms with E-state index in [1.165, 1.54) is 0 Å². The summed E-state index contributed by atoms with van der Waals surface area (Å²) in [5.41, 5.74) is 2.53. The lowest BCUT2D eigenvalue weighted by molar-refractivity contribution is 1.20. The number of aromatic nitrogens is 2. The molecule has 4 heteroatoms. The van der Waals surface area contributed by atoms with E-state index in [0.29, 0.717) is 10.0 Å². The first-order valence-electron chi connectivity index (χ1n) is 4.40. The predicted octanol–water partition coefficient (Wildman–Crippen LogP) is 3.76. The molecule has 0 fully saturated rings. The first-order valence-corrected chi connectivity index (χ1v) is 5.16. The molecule has 0 bridgehead atoms. The van der Waals surface area contributed by atoms with Crippen LogP contribution in [-0.4, -0.2) is 9.97 Å². The summed E-state index contributed by atoms with van der Waals surface area (Å²) in [4.78, 5) is 8.20. The van der Waals surface area contributed by atoms with Crippen molar-refractivity contribution in [3.8, 4) is 11.1 Å². The summed E-state index contributed by atoms with van der Waals surface area (Å²) in [6, 6.07) is 3.58. The molecule has 0 saturated carbocycles. The Labute approximate surface area is 97.9 Å². The fourth-order valence-electron chi connectivity index (χ4n) is 1.24.